The van der Waals surface area contributed by atoms with Gasteiger partial charge in [0.05, 0.1) is 11.4 Å². The number of aromatic nitrogens is 1. The van der Waals surface area contributed by atoms with E-state index in [1.807, 2.05) is 52.0 Å². The van der Waals surface area contributed by atoms with Gasteiger partial charge in [-0.1, -0.05) is 62.8 Å². The monoisotopic (exact) mass is 413 g/mol. The summed E-state index contributed by atoms with van der Waals surface area (Å²) in [6.07, 6.45) is 0. The SMILES string of the molecule is Cc1ccc(C(=S)n2c(C)c(C(C(=O)O)C(C)(C)C)c3cc(O)c(F)cc32)cc1. The molecule has 0 spiro atoms. The molecule has 2 aromatic carbocycles. The van der Waals surface area contributed by atoms with E-state index in [9.17, 15) is 19.4 Å². The first-order chi connectivity index (χ1) is 13.4. The number of benzene rings is 2. The van der Waals surface area contributed by atoms with Crippen molar-refractivity contribution in [2.75, 3.05) is 0 Å². The van der Waals surface area contributed by atoms with Gasteiger partial charge in [0.2, 0.25) is 0 Å². The third kappa shape index (κ3) is 3.65. The van der Waals surface area contributed by atoms with Gasteiger partial charge >= 0.3 is 5.97 Å². The normalized spacial score (nSPS) is 12.9. The van der Waals surface area contributed by atoms with Gasteiger partial charge in [-0.25, -0.2) is 4.39 Å². The van der Waals surface area contributed by atoms with Crippen molar-refractivity contribution >= 4 is 34.1 Å². The van der Waals surface area contributed by atoms with E-state index in [1.54, 1.807) is 11.5 Å². The van der Waals surface area contributed by atoms with Crippen LogP contribution in [0.25, 0.3) is 10.9 Å². The topological polar surface area (TPSA) is 62.5 Å². The maximum atomic E-state index is 14.3. The van der Waals surface area contributed by atoms with E-state index in [2.05, 4.69) is 0 Å². The van der Waals surface area contributed by atoms with Crippen molar-refractivity contribution in [3.8, 4) is 5.75 Å². The molecule has 0 aliphatic carbocycles. The fourth-order valence-corrected chi connectivity index (χ4v) is 4.20. The van der Waals surface area contributed by atoms with E-state index < -0.39 is 28.9 Å². The van der Waals surface area contributed by atoms with Crippen molar-refractivity contribution in [3.05, 3.63) is 64.6 Å². The van der Waals surface area contributed by atoms with E-state index in [0.29, 0.717) is 27.1 Å². The summed E-state index contributed by atoms with van der Waals surface area (Å²) in [5, 5.41) is 20.5. The van der Waals surface area contributed by atoms with Crippen LogP contribution in [0.5, 0.6) is 5.75 Å². The molecule has 0 amide bonds. The number of aromatic hydroxyl groups is 1. The maximum absolute atomic E-state index is 14.3. The minimum absolute atomic E-state index is 0.439. The van der Waals surface area contributed by atoms with Crippen LogP contribution in [-0.4, -0.2) is 25.7 Å². The molecule has 3 rings (SSSR count). The molecular formula is C23H24FNO3S. The Hall–Kier alpha value is -2.73. The number of hydrogen-bond donors (Lipinski definition) is 2. The molecule has 1 unspecified atom stereocenters. The van der Waals surface area contributed by atoms with Crippen LogP contribution in [0.1, 0.15) is 49.1 Å². The van der Waals surface area contributed by atoms with Crippen LogP contribution < -0.4 is 0 Å². The number of rotatable bonds is 3. The lowest BCUT2D eigenvalue weighted by molar-refractivity contribution is -0.141. The van der Waals surface area contributed by atoms with Crippen molar-refractivity contribution in [2.24, 2.45) is 5.41 Å². The molecular weight excluding hydrogens is 389 g/mol. The minimum Gasteiger partial charge on any atom is -0.505 e. The Morgan fingerprint density at radius 2 is 1.72 bits per heavy atom. The van der Waals surface area contributed by atoms with Crippen molar-refractivity contribution in [2.45, 2.75) is 40.5 Å². The first-order valence-corrected chi connectivity index (χ1v) is 9.72. The summed E-state index contributed by atoms with van der Waals surface area (Å²) in [5.41, 5.74) is 2.84. The molecule has 0 saturated carbocycles. The third-order valence-corrected chi connectivity index (χ3v) is 5.64. The van der Waals surface area contributed by atoms with Gasteiger partial charge in [0.15, 0.2) is 11.6 Å². The predicted molar refractivity (Wildman–Crippen MR) is 116 cm³/mol. The highest BCUT2D eigenvalue weighted by Crippen LogP contribution is 2.43. The Labute approximate surface area is 174 Å². The minimum atomic E-state index is -0.982. The molecule has 0 bridgehead atoms. The lowest BCUT2D eigenvalue weighted by atomic mass is 9.75. The van der Waals surface area contributed by atoms with Crippen LogP contribution in [0, 0.1) is 25.1 Å². The summed E-state index contributed by atoms with van der Waals surface area (Å²) in [7, 11) is 0. The molecule has 1 atom stereocenters. The third-order valence-electron chi connectivity index (χ3n) is 5.22. The van der Waals surface area contributed by atoms with E-state index in [-0.39, 0.29) is 0 Å². The largest absolute Gasteiger partial charge is 0.505 e. The Balaban J connectivity index is 2.38. The number of aliphatic carboxylic acids is 1. The summed E-state index contributed by atoms with van der Waals surface area (Å²) < 4.78 is 16.0. The van der Waals surface area contributed by atoms with E-state index in [0.717, 1.165) is 11.1 Å². The summed E-state index contributed by atoms with van der Waals surface area (Å²) in [4.78, 5) is 12.6. The first kappa shape index (κ1) is 21.0. The molecule has 0 aliphatic heterocycles. The van der Waals surface area contributed by atoms with Crippen LogP contribution >= 0.6 is 12.2 Å². The van der Waals surface area contributed by atoms with Crippen molar-refractivity contribution in [3.63, 3.8) is 0 Å². The number of nitrogens with zero attached hydrogens (tertiary/aromatic N) is 1. The average molecular weight is 414 g/mol. The van der Waals surface area contributed by atoms with Crippen LogP contribution in [0.3, 0.4) is 0 Å². The van der Waals surface area contributed by atoms with E-state index in [1.165, 1.54) is 12.1 Å². The van der Waals surface area contributed by atoms with Gasteiger partial charge in [-0.15, -0.1) is 0 Å². The van der Waals surface area contributed by atoms with Gasteiger partial charge in [0, 0.05) is 22.7 Å². The quantitative estimate of drug-likeness (QED) is 0.553. The van der Waals surface area contributed by atoms with Crippen LogP contribution in [-0.2, 0) is 4.79 Å². The highest BCUT2D eigenvalue weighted by Gasteiger charge is 2.37. The summed E-state index contributed by atoms with van der Waals surface area (Å²) in [6.45, 7) is 9.29. The van der Waals surface area contributed by atoms with Gasteiger partial charge in [0.1, 0.15) is 4.99 Å². The van der Waals surface area contributed by atoms with Crippen molar-refractivity contribution < 1.29 is 19.4 Å². The van der Waals surface area contributed by atoms with E-state index in [4.69, 9.17) is 12.2 Å². The van der Waals surface area contributed by atoms with Gasteiger partial charge < -0.3 is 14.8 Å². The number of carboxylic acids is 1. The second-order valence-electron chi connectivity index (χ2n) is 8.46. The maximum Gasteiger partial charge on any atom is 0.311 e. The predicted octanol–water partition coefficient (Wildman–Crippen LogP) is 5.54. The molecule has 3 aromatic rings. The van der Waals surface area contributed by atoms with Crippen LogP contribution in [0.15, 0.2) is 36.4 Å². The zero-order valence-corrected chi connectivity index (χ0v) is 17.9. The number of halogens is 1. The van der Waals surface area contributed by atoms with Crippen LogP contribution in [0.4, 0.5) is 4.39 Å². The zero-order valence-electron chi connectivity index (χ0n) is 17.1. The number of aryl methyl sites for hydroxylation is 1. The molecule has 29 heavy (non-hydrogen) atoms. The van der Waals surface area contributed by atoms with Crippen molar-refractivity contribution in [1.82, 2.24) is 4.57 Å². The molecule has 2 N–H and O–H groups in total. The van der Waals surface area contributed by atoms with Gasteiger partial charge in [0.25, 0.3) is 0 Å². The summed E-state index contributed by atoms with van der Waals surface area (Å²) >= 11 is 5.71. The Kier molecular flexibility index (Phi) is 5.26. The Morgan fingerprint density at radius 1 is 1.14 bits per heavy atom. The number of hydrogen-bond acceptors (Lipinski definition) is 3. The Bertz CT molecular complexity index is 1120. The van der Waals surface area contributed by atoms with Gasteiger partial charge in [-0.05, 0) is 30.9 Å². The summed E-state index contributed by atoms with van der Waals surface area (Å²) in [5.74, 6) is -3.14. The first-order valence-electron chi connectivity index (χ1n) is 9.31. The summed E-state index contributed by atoms with van der Waals surface area (Å²) in [6, 6.07) is 10.2. The number of phenols is 1. The van der Waals surface area contributed by atoms with E-state index >= 15 is 0 Å². The lowest BCUT2D eigenvalue weighted by Crippen LogP contribution is -2.27. The molecule has 0 saturated heterocycles. The number of thiocarbonyl (C=S) groups is 1. The number of carbonyl (C=O) groups is 1. The highest BCUT2D eigenvalue weighted by molar-refractivity contribution is 7.80. The second-order valence-corrected chi connectivity index (χ2v) is 8.85. The molecule has 1 heterocycles. The Morgan fingerprint density at radius 3 is 2.24 bits per heavy atom. The number of carboxylic acid groups (broad SMARTS) is 1. The van der Waals surface area contributed by atoms with Crippen molar-refractivity contribution in [1.29, 1.82) is 0 Å². The fourth-order valence-electron chi connectivity index (χ4n) is 3.83. The molecule has 6 heteroatoms. The highest BCUT2D eigenvalue weighted by atomic mass is 32.1. The molecule has 0 radical (unpaired) electrons. The van der Waals surface area contributed by atoms with Crippen LogP contribution in [0.2, 0.25) is 0 Å². The molecule has 152 valence electrons. The second kappa shape index (κ2) is 7.26. The smallest absolute Gasteiger partial charge is 0.311 e. The molecule has 0 fully saturated rings. The molecule has 4 nitrogen and oxygen atoms in total. The lowest BCUT2D eigenvalue weighted by Gasteiger charge is -2.28. The van der Waals surface area contributed by atoms with Gasteiger partial charge in [-0.3, -0.25) is 4.79 Å². The number of fused-ring (bicyclic) bond motifs is 1. The molecule has 0 aliphatic rings. The standard InChI is InChI=1S/C23H24FNO3S/c1-12-6-8-14(9-7-12)21(29)25-13(2)19(20(22(27)28)23(3,4)5)15-10-18(26)16(24)11-17(15)25/h6-11,20,26H,1-5H3,(H,27,28). The fraction of sp³-hybridized carbons (Fsp3) is 0.304. The van der Waals surface area contributed by atoms with Gasteiger partial charge in [-0.2, -0.15) is 0 Å². The zero-order chi connectivity index (χ0) is 21.7. The average Bonchev–Trinajstić information content (AvgIpc) is 2.86. The number of phenolic OH excluding ortho intramolecular Hbond substituents is 1. The molecule has 1 aromatic heterocycles.